The molecule has 18 heavy (non-hydrogen) atoms. The van der Waals surface area contributed by atoms with Crippen LogP contribution in [0, 0.1) is 0 Å². The average molecular weight is 281 g/mol. The molecule has 0 bridgehead atoms. The number of nitrogens with two attached hydrogens (primary N) is 1. The summed E-state index contributed by atoms with van der Waals surface area (Å²) >= 11 is 7.74. The monoisotopic (exact) mass is 280 g/mol. The topological polar surface area (TPSA) is 63.8 Å². The number of rotatable bonds is 5. The largest absolute Gasteiger partial charge is 0.271 e. The van der Waals surface area contributed by atoms with Gasteiger partial charge >= 0.3 is 0 Å². The predicted octanol–water partition coefficient (Wildman–Crippen LogP) is 2.43. The molecule has 2 rings (SSSR count). The van der Waals surface area contributed by atoms with E-state index in [0.29, 0.717) is 0 Å². The highest BCUT2D eigenvalue weighted by atomic mass is 35.5. The molecule has 1 aromatic heterocycles. The third kappa shape index (κ3) is 3.43. The van der Waals surface area contributed by atoms with Crippen molar-refractivity contribution in [2.24, 2.45) is 5.84 Å². The first-order valence-electron chi connectivity index (χ1n) is 5.39. The molecule has 0 aliphatic rings. The van der Waals surface area contributed by atoms with Crippen LogP contribution in [-0.2, 0) is 0 Å². The van der Waals surface area contributed by atoms with Gasteiger partial charge in [0, 0.05) is 28.6 Å². The van der Waals surface area contributed by atoms with Gasteiger partial charge in [-0.25, -0.2) is 9.97 Å². The van der Waals surface area contributed by atoms with E-state index in [9.17, 15) is 0 Å². The maximum absolute atomic E-state index is 6.10. The van der Waals surface area contributed by atoms with Crippen molar-refractivity contribution in [3.8, 4) is 0 Å². The van der Waals surface area contributed by atoms with E-state index in [1.807, 2.05) is 24.3 Å². The Morgan fingerprint density at radius 2 is 2.00 bits per heavy atom. The number of hydrogen-bond acceptors (Lipinski definition) is 5. The Morgan fingerprint density at radius 1 is 1.28 bits per heavy atom. The molecule has 0 saturated heterocycles. The summed E-state index contributed by atoms with van der Waals surface area (Å²) in [4.78, 5) is 9.01. The highest BCUT2D eigenvalue weighted by Crippen LogP contribution is 2.29. The zero-order valence-electron chi connectivity index (χ0n) is 9.58. The molecular formula is C12H13ClN4S. The highest BCUT2D eigenvalue weighted by Gasteiger charge is 2.11. The third-order valence-corrected chi connectivity index (χ3v) is 4.03. The van der Waals surface area contributed by atoms with E-state index in [0.717, 1.165) is 21.2 Å². The van der Waals surface area contributed by atoms with Gasteiger partial charge in [0.2, 0.25) is 0 Å². The Morgan fingerprint density at radius 3 is 2.67 bits per heavy atom. The number of hydrogen-bond donors (Lipinski definition) is 2. The number of nitrogens with one attached hydrogen (secondary N) is 1. The molecule has 94 valence electrons. The maximum Gasteiger partial charge on any atom is 0.115 e. The van der Waals surface area contributed by atoms with Crippen LogP contribution in [-0.4, -0.2) is 15.7 Å². The minimum absolute atomic E-state index is 0.00697. The molecule has 0 radical (unpaired) electrons. The van der Waals surface area contributed by atoms with Crippen LogP contribution in [0.5, 0.6) is 0 Å². The molecule has 0 saturated carbocycles. The lowest BCUT2D eigenvalue weighted by atomic mass is 10.2. The zero-order chi connectivity index (χ0) is 12.8. The summed E-state index contributed by atoms with van der Waals surface area (Å²) in [5, 5.41) is 0.752. The minimum atomic E-state index is -0.00697. The Bertz CT molecular complexity index is 494. The van der Waals surface area contributed by atoms with Crippen LogP contribution in [0.4, 0.5) is 0 Å². The van der Waals surface area contributed by atoms with Crippen molar-refractivity contribution in [1.29, 1.82) is 0 Å². The SMILES string of the molecule is NNC(CSc1ccccc1Cl)c1cncnc1. The molecule has 1 unspecified atom stereocenters. The smallest absolute Gasteiger partial charge is 0.115 e. The van der Waals surface area contributed by atoms with Gasteiger partial charge < -0.3 is 0 Å². The molecule has 0 spiro atoms. The van der Waals surface area contributed by atoms with Crippen molar-refractivity contribution < 1.29 is 0 Å². The highest BCUT2D eigenvalue weighted by molar-refractivity contribution is 7.99. The van der Waals surface area contributed by atoms with Gasteiger partial charge in [-0.15, -0.1) is 11.8 Å². The molecule has 1 heterocycles. The summed E-state index contributed by atoms with van der Waals surface area (Å²) in [6.07, 6.45) is 5.01. The molecule has 2 aromatic rings. The van der Waals surface area contributed by atoms with Crippen molar-refractivity contribution in [1.82, 2.24) is 15.4 Å². The van der Waals surface area contributed by atoms with Crippen LogP contribution >= 0.6 is 23.4 Å². The quantitative estimate of drug-likeness (QED) is 0.500. The fraction of sp³-hybridized carbons (Fsp3) is 0.167. The lowest BCUT2D eigenvalue weighted by molar-refractivity contribution is 0.606. The molecule has 3 N–H and O–H groups in total. The Labute approximate surface area is 115 Å². The molecular weight excluding hydrogens is 268 g/mol. The molecule has 1 atom stereocenters. The fourth-order valence-corrected chi connectivity index (χ4v) is 2.78. The molecule has 6 heteroatoms. The summed E-state index contributed by atoms with van der Waals surface area (Å²) in [5.41, 5.74) is 3.72. The van der Waals surface area contributed by atoms with Gasteiger partial charge in [0.1, 0.15) is 6.33 Å². The Hall–Kier alpha value is -1.14. The first-order valence-corrected chi connectivity index (χ1v) is 6.76. The van der Waals surface area contributed by atoms with Crippen LogP contribution in [0.3, 0.4) is 0 Å². The van der Waals surface area contributed by atoms with E-state index in [2.05, 4.69) is 15.4 Å². The molecule has 4 nitrogen and oxygen atoms in total. The second-order valence-electron chi connectivity index (χ2n) is 3.63. The summed E-state index contributed by atoms with van der Waals surface area (Å²) in [6.45, 7) is 0. The van der Waals surface area contributed by atoms with Crippen LogP contribution in [0.1, 0.15) is 11.6 Å². The van der Waals surface area contributed by atoms with E-state index in [4.69, 9.17) is 17.4 Å². The van der Waals surface area contributed by atoms with Crippen molar-refractivity contribution in [3.63, 3.8) is 0 Å². The number of nitrogens with zero attached hydrogens (tertiary/aromatic N) is 2. The van der Waals surface area contributed by atoms with Crippen molar-refractivity contribution in [2.45, 2.75) is 10.9 Å². The lowest BCUT2D eigenvalue weighted by Crippen LogP contribution is -2.29. The lowest BCUT2D eigenvalue weighted by Gasteiger charge is -2.15. The van der Waals surface area contributed by atoms with Gasteiger partial charge in [-0.05, 0) is 12.1 Å². The number of hydrazine groups is 1. The summed E-state index contributed by atoms with van der Waals surface area (Å²) in [7, 11) is 0. The van der Waals surface area contributed by atoms with Crippen molar-refractivity contribution >= 4 is 23.4 Å². The van der Waals surface area contributed by atoms with E-state index in [1.165, 1.54) is 6.33 Å². The van der Waals surface area contributed by atoms with Crippen LogP contribution < -0.4 is 11.3 Å². The normalized spacial score (nSPS) is 12.3. The molecule has 0 fully saturated rings. The molecule has 0 amide bonds. The van der Waals surface area contributed by atoms with Crippen molar-refractivity contribution in [2.75, 3.05) is 5.75 Å². The Balaban J connectivity index is 2.02. The second-order valence-corrected chi connectivity index (χ2v) is 5.10. The minimum Gasteiger partial charge on any atom is -0.271 e. The molecule has 0 aliphatic heterocycles. The number of halogens is 1. The van der Waals surface area contributed by atoms with E-state index < -0.39 is 0 Å². The summed E-state index contributed by atoms with van der Waals surface area (Å²) < 4.78 is 0. The standard InChI is InChI=1S/C12H13ClN4S/c13-10-3-1-2-4-12(10)18-7-11(17-14)9-5-15-8-16-6-9/h1-6,8,11,17H,7,14H2. The van der Waals surface area contributed by atoms with Crippen molar-refractivity contribution in [3.05, 3.63) is 53.6 Å². The molecule has 1 aromatic carbocycles. The second kappa shape index (κ2) is 6.70. The van der Waals surface area contributed by atoms with Gasteiger partial charge in [0.15, 0.2) is 0 Å². The number of benzene rings is 1. The average Bonchev–Trinajstić information content (AvgIpc) is 2.42. The van der Waals surface area contributed by atoms with E-state index in [1.54, 1.807) is 24.2 Å². The number of thioether (sulfide) groups is 1. The first kappa shape index (κ1) is 13.3. The van der Waals surface area contributed by atoms with Gasteiger partial charge in [0.05, 0.1) is 11.1 Å². The predicted molar refractivity (Wildman–Crippen MR) is 74.3 cm³/mol. The van der Waals surface area contributed by atoms with Gasteiger partial charge in [-0.2, -0.15) is 0 Å². The van der Waals surface area contributed by atoms with E-state index in [-0.39, 0.29) is 6.04 Å². The van der Waals surface area contributed by atoms with E-state index >= 15 is 0 Å². The first-order chi connectivity index (χ1) is 8.81. The summed E-state index contributed by atoms with van der Waals surface area (Å²) in [6, 6.07) is 7.73. The zero-order valence-corrected chi connectivity index (χ0v) is 11.2. The van der Waals surface area contributed by atoms with Gasteiger partial charge in [0.25, 0.3) is 0 Å². The molecule has 0 aliphatic carbocycles. The third-order valence-electron chi connectivity index (χ3n) is 2.43. The van der Waals surface area contributed by atoms with Gasteiger partial charge in [-0.1, -0.05) is 23.7 Å². The van der Waals surface area contributed by atoms with Crippen LogP contribution in [0.15, 0.2) is 47.9 Å². The number of aromatic nitrogens is 2. The van der Waals surface area contributed by atoms with Crippen LogP contribution in [0.2, 0.25) is 5.02 Å². The Kier molecular flexibility index (Phi) is 4.95. The van der Waals surface area contributed by atoms with Crippen LogP contribution in [0.25, 0.3) is 0 Å². The summed E-state index contributed by atoms with van der Waals surface area (Å²) in [5.74, 6) is 6.31. The van der Waals surface area contributed by atoms with Gasteiger partial charge in [-0.3, -0.25) is 11.3 Å². The fourth-order valence-electron chi connectivity index (χ4n) is 1.47. The maximum atomic E-state index is 6.10.